The van der Waals surface area contributed by atoms with Gasteiger partial charge in [-0.2, -0.15) is 0 Å². The maximum absolute atomic E-state index is 12.1. The summed E-state index contributed by atoms with van der Waals surface area (Å²) in [6.07, 6.45) is -0.366. The van der Waals surface area contributed by atoms with E-state index in [2.05, 4.69) is 0 Å². The summed E-state index contributed by atoms with van der Waals surface area (Å²) in [5.74, 6) is -2.94. The van der Waals surface area contributed by atoms with E-state index in [1.807, 2.05) is 0 Å². The summed E-state index contributed by atoms with van der Waals surface area (Å²) >= 11 is 0. The molecule has 1 rings (SSSR count). The number of hydrogen-bond donors (Lipinski definition) is 0. The fraction of sp³-hybridized carbons (Fsp3) is 0.357. The molecule has 7 nitrogen and oxygen atoms in total. The average Bonchev–Trinajstić information content (AvgIpc) is 2.44. The van der Waals surface area contributed by atoms with E-state index in [0.717, 1.165) is 6.07 Å². The van der Waals surface area contributed by atoms with Gasteiger partial charge < -0.3 is 4.74 Å². The normalized spacial score (nSPS) is 11.5. The Bertz CT molecular complexity index is 581. The van der Waals surface area contributed by atoms with Crippen molar-refractivity contribution in [2.24, 2.45) is 5.92 Å². The second-order valence-corrected chi connectivity index (χ2v) is 4.35. The number of carbonyl (C=O) groups excluding carboxylic acids is 3. The van der Waals surface area contributed by atoms with Gasteiger partial charge in [0.25, 0.3) is 5.69 Å². The number of rotatable bonds is 7. The molecule has 0 heterocycles. The zero-order valence-electron chi connectivity index (χ0n) is 11.7. The molecule has 0 saturated carbocycles. The number of carbonyl (C=O) groups is 3. The van der Waals surface area contributed by atoms with E-state index in [9.17, 15) is 24.5 Å². The highest BCUT2D eigenvalue weighted by molar-refractivity contribution is 6.05. The van der Waals surface area contributed by atoms with Gasteiger partial charge in [0, 0.05) is 24.1 Å². The first-order valence-corrected chi connectivity index (χ1v) is 6.31. The smallest absolute Gasteiger partial charge is 0.316 e. The van der Waals surface area contributed by atoms with Gasteiger partial charge >= 0.3 is 5.97 Å². The SMILES string of the molecule is CCOC(=O)[C@@H](CC(=O)c1cccc([N+](=O)[O-])c1)C(C)=O. The standard InChI is InChI=1S/C14H15NO6/c1-3-21-14(18)12(9(2)16)8-13(17)10-5-4-6-11(7-10)15(19)20/h4-7,12H,3,8H2,1-2H3/t12-/m0/s1. The molecule has 0 spiro atoms. The van der Waals surface area contributed by atoms with Crippen molar-refractivity contribution in [1.29, 1.82) is 0 Å². The quantitative estimate of drug-likeness (QED) is 0.250. The predicted molar refractivity (Wildman–Crippen MR) is 72.8 cm³/mol. The molecule has 0 amide bonds. The van der Waals surface area contributed by atoms with Crippen molar-refractivity contribution in [3.8, 4) is 0 Å². The van der Waals surface area contributed by atoms with Crippen molar-refractivity contribution in [3.63, 3.8) is 0 Å². The molecule has 0 bridgehead atoms. The van der Waals surface area contributed by atoms with Crippen molar-refractivity contribution >= 4 is 23.2 Å². The molecule has 0 aliphatic rings. The lowest BCUT2D eigenvalue weighted by Gasteiger charge is -2.11. The van der Waals surface area contributed by atoms with Crippen LogP contribution in [0.5, 0.6) is 0 Å². The van der Waals surface area contributed by atoms with Crippen molar-refractivity contribution in [2.45, 2.75) is 20.3 Å². The van der Waals surface area contributed by atoms with Crippen molar-refractivity contribution < 1.29 is 24.0 Å². The molecule has 21 heavy (non-hydrogen) atoms. The van der Waals surface area contributed by atoms with Crippen LogP contribution < -0.4 is 0 Å². The first kappa shape index (κ1) is 16.5. The third kappa shape index (κ3) is 4.48. The van der Waals surface area contributed by atoms with E-state index in [1.165, 1.54) is 25.1 Å². The largest absolute Gasteiger partial charge is 0.465 e. The van der Waals surface area contributed by atoms with Gasteiger partial charge in [0.05, 0.1) is 11.5 Å². The van der Waals surface area contributed by atoms with Crippen molar-refractivity contribution in [3.05, 3.63) is 39.9 Å². The van der Waals surface area contributed by atoms with E-state index in [0.29, 0.717) is 0 Å². The lowest BCUT2D eigenvalue weighted by molar-refractivity contribution is -0.384. The van der Waals surface area contributed by atoms with Crippen LogP contribution in [0.1, 0.15) is 30.6 Å². The maximum Gasteiger partial charge on any atom is 0.316 e. The van der Waals surface area contributed by atoms with Crippen LogP contribution in [0.3, 0.4) is 0 Å². The number of nitro benzene ring substituents is 1. The molecule has 1 atom stereocenters. The van der Waals surface area contributed by atoms with Crippen LogP contribution in [-0.2, 0) is 14.3 Å². The van der Waals surface area contributed by atoms with Gasteiger partial charge in [0.15, 0.2) is 5.78 Å². The van der Waals surface area contributed by atoms with Gasteiger partial charge in [-0.05, 0) is 13.8 Å². The number of hydrogen-bond acceptors (Lipinski definition) is 6. The summed E-state index contributed by atoms with van der Waals surface area (Å²) in [7, 11) is 0. The Hall–Kier alpha value is -2.57. The molecule has 0 radical (unpaired) electrons. The second kappa shape index (κ2) is 7.28. The van der Waals surface area contributed by atoms with Gasteiger partial charge in [0.2, 0.25) is 0 Å². The minimum atomic E-state index is -1.18. The Balaban J connectivity index is 2.92. The second-order valence-electron chi connectivity index (χ2n) is 4.35. The highest BCUT2D eigenvalue weighted by Crippen LogP contribution is 2.17. The third-order valence-electron chi connectivity index (χ3n) is 2.83. The first-order chi connectivity index (χ1) is 9.86. The number of nitro groups is 1. The number of esters is 1. The van der Waals surface area contributed by atoms with Crippen LogP contribution in [-0.4, -0.2) is 29.1 Å². The van der Waals surface area contributed by atoms with Crippen LogP contribution in [0, 0.1) is 16.0 Å². The van der Waals surface area contributed by atoms with Crippen LogP contribution in [0.15, 0.2) is 24.3 Å². The summed E-state index contributed by atoms with van der Waals surface area (Å²) in [4.78, 5) is 45.2. The molecule has 1 aromatic rings. The molecular weight excluding hydrogens is 278 g/mol. The van der Waals surface area contributed by atoms with Gasteiger partial charge in [-0.1, -0.05) is 12.1 Å². The summed E-state index contributed by atoms with van der Waals surface area (Å²) in [6, 6.07) is 5.14. The molecule has 0 aliphatic carbocycles. The van der Waals surface area contributed by atoms with Crippen LogP contribution in [0.25, 0.3) is 0 Å². The maximum atomic E-state index is 12.1. The highest BCUT2D eigenvalue weighted by atomic mass is 16.6. The first-order valence-electron chi connectivity index (χ1n) is 6.31. The molecule has 0 N–H and O–H groups in total. The average molecular weight is 293 g/mol. The number of ketones is 2. The van der Waals surface area contributed by atoms with Gasteiger partial charge in [-0.3, -0.25) is 24.5 Å². The molecule has 0 unspecified atom stereocenters. The van der Waals surface area contributed by atoms with Crippen LogP contribution in [0.4, 0.5) is 5.69 Å². The van der Waals surface area contributed by atoms with E-state index < -0.39 is 28.4 Å². The Labute approximate surface area is 121 Å². The van der Waals surface area contributed by atoms with E-state index in [-0.39, 0.29) is 24.3 Å². The fourth-order valence-corrected chi connectivity index (χ4v) is 1.73. The molecule has 0 aliphatic heterocycles. The van der Waals surface area contributed by atoms with Crippen LogP contribution >= 0.6 is 0 Å². The minimum Gasteiger partial charge on any atom is -0.465 e. The number of benzene rings is 1. The number of nitrogens with zero attached hydrogens (tertiary/aromatic N) is 1. The molecule has 7 heteroatoms. The third-order valence-corrected chi connectivity index (χ3v) is 2.83. The Kier molecular flexibility index (Phi) is 5.71. The lowest BCUT2D eigenvalue weighted by Crippen LogP contribution is -2.27. The van der Waals surface area contributed by atoms with E-state index in [1.54, 1.807) is 6.92 Å². The zero-order valence-corrected chi connectivity index (χ0v) is 11.7. The molecule has 112 valence electrons. The number of non-ortho nitro benzene ring substituents is 1. The number of ether oxygens (including phenoxy) is 1. The van der Waals surface area contributed by atoms with Crippen molar-refractivity contribution in [1.82, 2.24) is 0 Å². The predicted octanol–water partition coefficient (Wildman–Crippen LogP) is 1.94. The van der Waals surface area contributed by atoms with Gasteiger partial charge in [0.1, 0.15) is 11.7 Å². The summed E-state index contributed by atoms with van der Waals surface area (Å²) in [5, 5.41) is 10.7. The van der Waals surface area contributed by atoms with E-state index in [4.69, 9.17) is 4.74 Å². The molecule has 0 fully saturated rings. The molecule has 0 saturated heterocycles. The zero-order chi connectivity index (χ0) is 16.0. The molecule has 1 aromatic carbocycles. The van der Waals surface area contributed by atoms with Crippen LogP contribution in [0.2, 0.25) is 0 Å². The topological polar surface area (TPSA) is 104 Å². The Morgan fingerprint density at radius 3 is 2.52 bits per heavy atom. The van der Waals surface area contributed by atoms with Gasteiger partial charge in [-0.25, -0.2) is 0 Å². The summed E-state index contributed by atoms with van der Waals surface area (Å²) < 4.78 is 4.74. The Morgan fingerprint density at radius 2 is 2.00 bits per heavy atom. The lowest BCUT2D eigenvalue weighted by atomic mass is 9.95. The van der Waals surface area contributed by atoms with E-state index >= 15 is 0 Å². The fourth-order valence-electron chi connectivity index (χ4n) is 1.73. The van der Waals surface area contributed by atoms with Crippen molar-refractivity contribution in [2.75, 3.05) is 6.61 Å². The summed E-state index contributed by atoms with van der Waals surface area (Å²) in [5.41, 5.74) is -0.142. The number of Topliss-reactive ketones (excluding diaryl/α,β-unsaturated/α-hetero) is 2. The molecule has 0 aromatic heterocycles. The van der Waals surface area contributed by atoms with Gasteiger partial charge in [-0.15, -0.1) is 0 Å². The molecular formula is C14H15NO6. The summed E-state index contributed by atoms with van der Waals surface area (Å²) in [6.45, 7) is 2.90. The monoisotopic (exact) mass is 293 g/mol. The Morgan fingerprint density at radius 1 is 1.33 bits per heavy atom. The highest BCUT2D eigenvalue weighted by Gasteiger charge is 2.28. The minimum absolute atomic E-state index is 0.0831.